The molecule has 33 heavy (non-hydrogen) atoms. The molecule has 0 radical (unpaired) electrons. The average molecular weight is 518 g/mol. The molecule has 2 rings (SSSR count). The third-order valence-corrected chi connectivity index (χ3v) is 13.9. The van der Waals surface area contributed by atoms with E-state index in [4.69, 9.17) is 16.8 Å². The smallest absolute Gasteiger partial charge is 0.349 e. The van der Waals surface area contributed by atoms with Gasteiger partial charge >= 0.3 is 8.43 Å². The minimum absolute atomic E-state index is 0.134. The van der Waals surface area contributed by atoms with Crippen molar-refractivity contribution in [1.82, 2.24) is 18.3 Å². The Morgan fingerprint density at radius 1 is 0.606 bits per heavy atom. The van der Waals surface area contributed by atoms with Crippen molar-refractivity contribution < 1.29 is 0 Å². The second-order valence-corrected chi connectivity index (χ2v) is 18.5. The molecular formula is C25H56ClN5Si2. The van der Waals surface area contributed by atoms with Crippen LogP contribution < -0.4 is 5.73 Å². The third-order valence-electron chi connectivity index (χ3n) is 5.52. The summed E-state index contributed by atoms with van der Waals surface area (Å²) in [5, 5.41) is 0. The van der Waals surface area contributed by atoms with Crippen LogP contribution in [0.5, 0.6) is 0 Å². The normalized spacial score (nSPS) is 17.9. The topological polar surface area (TPSA) is 39.0 Å². The predicted molar refractivity (Wildman–Crippen MR) is 155 cm³/mol. The van der Waals surface area contributed by atoms with E-state index in [9.17, 15) is 0 Å². The van der Waals surface area contributed by atoms with Crippen molar-refractivity contribution in [3.05, 3.63) is 24.8 Å². The van der Waals surface area contributed by atoms with Crippen LogP contribution in [-0.2, 0) is 0 Å². The van der Waals surface area contributed by atoms with Crippen molar-refractivity contribution >= 4 is 28.6 Å². The van der Waals surface area contributed by atoms with Crippen LogP contribution in [-0.4, -0.2) is 64.5 Å². The van der Waals surface area contributed by atoms with Gasteiger partial charge in [0.2, 0.25) is 9.12 Å². The van der Waals surface area contributed by atoms with E-state index in [1.54, 1.807) is 0 Å². The highest BCUT2D eigenvalue weighted by atomic mass is 35.6. The van der Waals surface area contributed by atoms with Crippen molar-refractivity contribution in [2.45, 2.75) is 132 Å². The molecule has 0 bridgehead atoms. The summed E-state index contributed by atoms with van der Waals surface area (Å²) in [5.74, 6) is 0. The van der Waals surface area contributed by atoms with Gasteiger partial charge < -0.3 is 24.0 Å². The fraction of sp³-hybridized carbons (Fsp3) is 0.840. The largest absolute Gasteiger partial charge is 0.383 e. The van der Waals surface area contributed by atoms with Gasteiger partial charge in [-0.05, 0) is 95.7 Å². The van der Waals surface area contributed by atoms with E-state index in [2.05, 4.69) is 133 Å². The number of halogens is 1. The van der Waals surface area contributed by atoms with Gasteiger partial charge in [-0.15, -0.1) is 11.1 Å². The summed E-state index contributed by atoms with van der Waals surface area (Å²) < 4.78 is 9.86. The Labute approximate surface area is 215 Å². The molecule has 0 amide bonds. The summed E-state index contributed by atoms with van der Waals surface area (Å²) >= 11 is 6.54. The van der Waals surface area contributed by atoms with Crippen LogP contribution in [0.25, 0.3) is 0 Å². The molecule has 0 aromatic rings. The molecule has 0 unspecified atom stereocenters. The fourth-order valence-electron chi connectivity index (χ4n) is 3.86. The van der Waals surface area contributed by atoms with Gasteiger partial charge in [0.05, 0.1) is 0 Å². The molecule has 2 N–H and O–H groups in total. The second-order valence-electron chi connectivity index (χ2n) is 12.9. The van der Waals surface area contributed by atoms with Crippen molar-refractivity contribution in [2.24, 2.45) is 5.73 Å². The molecule has 2 aliphatic rings. The van der Waals surface area contributed by atoms with Gasteiger partial charge in [0.25, 0.3) is 0 Å². The van der Waals surface area contributed by atoms with E-state index >= 15 is 0 Å². The number of rotatable bonds is 2. The Bertz CT molecular complexity index is 579. The summed E-state index contributed by atoms with van der Waals surface area (Å²) in [6, 6.07) is 1.36. The van der Waals surface area contributed by atoms with Gasteiger partial charge in [-0.3, -0.25) is 0 Å². The lowest BCUT2D eigenvalue weighted by atomic mass is 10.1. The lowest BCUT2D eigenvalue weighted by Crippen LogP contribution is -2.56. The quantitative estimate of drug-likeness (QED) is 0.365. The lowest BCUT2D eigenvalue weighted by molar-refractivity contribution is 0.279. The average Bonchev–Trinajstić information content (AvgIpc) is 3.18. The molecule has 0 aromatic carbocycles. The Hall–Kier alpha value is -0.636. The first-order valence-electron chi connectivity index (χ1n) is 12.6. The van der Waals surface area contributed by atoms with E-state index in [0.29, 0.717) is 0 Å². The molecule has 0 spiro atoms. The summed E-state index contributed by atoms with van der Waals surface area (Å²) in [4.78, 5) is 0. The molecular weight excluding hydrogens is 462 g/mol. The maximum absolute atomic E-state index is 6.54. The zero-order chi connectivity index (χ0) is 26.4. The Kier molecular flexibility index (Phi) is 12.1. The van der Waals surface area contributed by atoms with E-state index in [-0.39, 0.29) is 22.2 Å². The van der Waals surface area contributed by atoms with Gasteiger partial charge in [-0.1, -0.05) is 20.3 Å². The molecule has 196 valence electrons. The highest BCUT2D eigenvalue weighted by Gasteiger charge is 2.39. The minimum Gasteiger partial charge on any atom is -0.383 e. The molecule has 8 heteroatoms. The second kappa shape index (κ2) is 12.4. The van der Waals surface area contributed by atoms with Gasteiger partial charge in [0, 0.05) is 47.0 Å². The van der Waals surface area contributed by atoms with Crippen molar-refractivity contribution in [3.63, 3.8) is 0 Å². The Morgan fingerprint density at radius 3 is 1.03 bits per heavy atom. The molecule has 0 saturated heterocycles. The summed E-state index contributed by atoms with van der Waals surface area (Å²) in [6.45, 7) is 32.1. The first-order chi connectivity index (χ1) is 14.7. The van der Waals surface area contributed by atoms with Gasteiger partial charge in [-0.2, -0.15) is 0 Å². The van der Waals surface area contributed by atoms with Crippen LogP contribution in [0.2, 0.25) is 6.04 Å². The number of nitrogens with zero attached hydrogens (tertiary/aromatic N) is 4. The van der Waals surface area contributed by atoms with Crippen LogP contribution in [0, 0.1) is 0 Å². The molecule has 2 heterocycles. The molecule has 0 saturated carbocycles. The standard InChI is InChI=1S/C13H28N2Si.C10H21ClN2Si.C2H7N/c1-8-11-16-14(12(2,3)4)9-10-15(16)13(5,6)7;1-9(2,3)12-7-8-13(14(12)11)10(4,5)6;1-2-3/h9-10,16H,8,11H2,1-7H3;7-8,14H,1-6H3;2-3H2,1H3. The minimum atomic E-state index is -1.50. The molecule has 0 atom stereocenters. The van der Waals surface area contributed by atoms with Gasteiger partial charge in [-0.25, -0.2) is 0 Å². The van der Waals surface area contributed by atoms with Gasteiger partial charge in [0.15, 0.2) is 0 Å². The number of hydrogen-bond acceptors (Lipinski definition) is 5. The molecule has 5 nitrogen and oxygen atoms in total. The Morgan fingerprint density at radius 2 is 0.848 bits per heavy atom. The number of nitrogens with two attached hydrogens (primary N) is 1. The SMILES string of the molecule is CC(C)(C)N1C=CN(C(C)(C)C)[SiH]1Cl.CCC[SiH]1N(C(C)(C)C)C=CN1C(C)(C)C.CCN. The van der Waals surface area contributed by atoms with E-state index in [0.717, 1.165) is 6.54 Å². The molecule has 0 aromatic heterocycles. The molecule has 2 aliphatic heterocycles. The first kappa shape index (κ1) is 32.4. The van der Waals surface area contributed by atoms with E-state index in [1.807, 2.05) is 6.92 Å². The summed E-state index contributed by atoms with van der Waals surface area (Å²) in [5.41, 5.74) is 5.65. The van der Waals surface area contributed by atoms with Crippen molar-refractivity contribution in [1.29, 1.82) is 0 Å². The summed E-state index contributed by atoms with van der Waals surface area (Å²) in [7, 11) is -2.51. The van der Waals surface area contributed by atoms with Crippen LogP contribution in [0.4, 0.5) is 0 Å². The monoisotopic (exact) mass is 517 g/mol. The highest BCUT2D eigenvalue weighted by molar-refractivity contribution is 7.04. The molecule has 0 fully saturated rings. The third kappa shape index (κ3) is 9.86. The zero-order valence-electron chi connectivity index (χ0n) is 24.3. The van der Waals surface area contributed by atoms with Crippen LogP contribution in [0.1, 0.15) is 103 Å². The molecule has 0 aliphatic carbocycles. The predicted octanol–water partition coefficient (Wildman–Crippen LogP) is 5.90. The van der Waals surface area contributed by atoms with Crippen LogP contribution >= 0.6 is 11.1 Å². The summed E-state index contributed by atoms with van der Waals surface area (Å²) in [6.07, 6.45) is 10.2. The first-order valence-corrected chi connectivity index (χ1v) is 17.2. The maximum Gasteiger partial charge on any atom is 0.349 e. The van der Waals surface area contributed by atoms with E-state index in [1.165, 1.54) is 12.5 Å². The van der Waals surface area contributed by atoms with E-state index < -0.39 is 17.5 Å². The maximum atomic E-state index is 6.54. The lowest BCUT2D eigenvalue weighted by Gasteiger charge is -2.44. The van der Waals surface area contributed by atoms with Crippen LogP contribution in [0.15, 0.2) is 24.8 Å². The van der Waals surface area contributed by atoms with Crippen molar-refractivity contribution in [3.8, 4) is 0 Å². The highest BCUT2D eigenvalue weighted by Crippen LogP contribution is 2.31. The van der Waals surface area contributed by atoms with Crippen molar-refractivity contribution in [2.75, 3.05) is 6.54 Å². The Balaban J connectivity index is 0.000000558. The fourth-order valence-corrected chi connectivity index (χ4v) is 11.7. The zero-order valence-corrected chi connectivity index (χ0v) is 27.4. The number of hydrogen-bond donors (Lipinski definition) is 1. The van der Waals surface area contributed by atoms with Gasteiger partial charge in [0.1, 0.15) is 0 Å². The van der Waals surface area contributed by atoms with Crippen LogP contribution in [0.3, 0.4) is 0 Å².